The fourth-order valence-electron chi connectivity index (χ4n) is 6.19. The minimum Gasteiger partial charge on any atom is -0.456 e. The Balaban J connectivity index is 1.33. The Labute approximate surface area is 250 Å². The van der Waals surface area contributed by atoms with Crippen LogP contribution >= 0.6 is 0 Å². The maximum atomic E-state index is 16.0. The van der Waals surface area contributed by atoms with Gasteiger partial charge in [-0.2, -0.15) is 0 Å². The van der Waals surface area contributed by atoms with Gasteiger partial charge in [0, 0.05) is 68.0 Å². The SMILES string of the molecule is CN(CCc1ccccn1)C(=O)c1cn2c3c(c(N4CCOCC4)c(F)cc3c1=O)Oc1cc3c(cc1-2)oc1ccccc13. The summed E-state index contributed by atoms with van der Waals surface area (Å²) in [5, 5.41) is 1.83. The van der Waals surface area contributed by atoms with Gasteiger partial charge in [0.25, 0.3) is 5.91 Å². The molecular formula is C34H27FN4O5. The lowest BCUT2D eigenvalue weighted by Gasteiger charge is -2.33. The summed E-state index contributed by atoms with van der Waals surface area (Å²) in [5.74, 6) is -0.359. The Bertz CT molecular complexity index is 2170. The number of rotatable bonds is 5. The van der Waals surface area contributed by atoms with E-state index in [9.17, 15) is 9.59 Å². The first kappa shape index (κ1) is 26.4. The lowest BCUT2D eigenvalue weighted by Crippen LogP contribution is -2.37. The van der Waals surface area contributed by atoms with Crippen LogP contribution in [0.25, 0.3) is 38.5 Å². The second kappa shape index (κ2) is 10.2. The van der Waals surface area contributed by atoms with E-state index in [1.807, 2.05) is 59.5 Å². The number of halogens is 1. The van der Waals surface area contributed by atoms with Crippen LogP contribution in [0.2, 0.25) is 0 Å². The largest absolute Gasteiger partial charge is 0.456 e. The van der Waals surface area contributed by atoms with Crippen LogP contribution in [0.15, 0.2) is 82.3 Å². The van der Waals surface area contributed by atoms with Crippen LogP contribution < -0.4 is 15.1 Å². The summed E-state index contributed by atoms with van der Waals surface area (Å²) in [5.41, 5.74) is 2.80. The van der Waals surface area contributed by atoms with Crippen molar-refractivity contribution in [3.05, 3.63) is 100 Å². The molecule has 0 saturated carbocycles. The molecule has 220 valence electrons. The van der Waals surface area contributed by atoms with Gasteiger partial charge in [-0.25, -0.2) is 4.39 Å². The molecule has 0 unspecified atom stereocenters. The number of nitrogens with zero attached hydrogens (tertiary/aromatic N) is 4. The summed E-state index contributed by atoms with van der Waals surface area (Å²) in [6, 6.07) is 18.3. The number of likely N-dealkylation sites (N-methyl/N-ethyl adjacent to an activating group) is 1. The molecular weight excluding hydrogens is 563 g/mol. The predicted molar refractivity (Wildman–Crippen MR) is 165 cm³/mol. The number of hydrogen-bond donors (Lipinski definition) is 0. The second-order valence-electron chi connectivity index (χ2n) is 11.1. The Morgan fingerprint density at radius 3 is 2.64 bits per heavy atom. The van der Waals surface area contributed by atoms with Gasteiger partial charge in [-0.05, 0) is 30.3 Å². The standard InChI is InChI=1S/C34H27FN4O5/c1-37(11-9-20-6-4-5-10-36-20)34(41)24-19-39-26-18-28-22(21-7-2-3-8-27(21)43-28)17-29(26)44-33-30(39)23(32(24)40)16-25(35)31(33)38-12-14-42-15-13-38/h2-8,10,16-19H,9,11-15H2,1H3. The molecule has 3 aromatic carbocycles. The molecule has 1 fully saturated rings. The molecule has 10 heteroatoms. The van der Waals surface area contributed by atoms with Crippen LogP contribution in [0.3, 0.4) is 0 Å². The lowest BCUT2D eigenvalue weighted by molar-refractivity contribution is 0.0794. The Morgan fingerprint density at radius 2 is 1.82 bits per heavy atom. The van der Waals surface area contributed by atoms with Crippen molar-refractivity contribution in [2.45, 2.75) is 6.42 Å². The zero-order valence-corrected chi connectivity index (χ0v) is 23.9. The van der Waals surface area contributed by atoms with Gasteiger partial charge < -0.3 is 28.3 Å². The van der Waals surface area contributed by atoms with Gasteiger partial charge in [0.15, 0.2) is 17.3 Å². The van der Waals surface area contributed by atoms with Crippen molar-refractivity contribution in [1.82, 2.24) is 14.5 Å². The molecule has 0 bridgehead atoms. The number of pyridine rings is 2. The number of fused-ring (bicyclic) bond motifs is 5. The summed E-state index contributed by atoms with van der Waals surface area (Å²) in [6.07, 6.45) is 3.77. The normalized spacial score (nSPS) is 14.2. The molecule has 1 amide bonds. The topological polar surface area (TPSA) is 90.0 Å². The highest BCUT2D eigenvalue weighted by Gasteiger charge is 2.32. The number of para-hydroxylation sites is 1. The molecule has 6 aromatic rings. The molecule has 8 rings (SSSR count). The monoisotopic (exact) mass is 590 g/mol. The number of carbonyl (C=O) groups is 1. The summed E-state index contributed by atoms with van der Waals surface area (Å²) >= 11 is 0. The Morgan fingerprint density at radius 1 is 1.00 bits per heavy atom. The van der Waals surface area contributed by atoms with E-state index in [1.54, 1.807) is 24.0 Å². The first-order valence-corrected chi connectivity index (χ1v) is 14.5. The average molecular weight is 591 g/mol. The number of ether oxygens (including phenoxy) is 2. The highest BCUT2D eigenvalue weighted by molar-refractivity contribution is 6.07. The van der Waals surface area contributed by atoms with Gasteiger partial charge >= 0.3 is 0 Å². The van der Waals surface area contributed by atoms with Crippen LogP contribution in [0, 0.1) is 5.82 Å². The van der Waals surface area contributed by atoms with E-state index in [4.69, 9.17) is 13.9 Å². The molecule has 0 atom stereocenters. The number of anilines is 1. The molecule has 44 heavy (non-hydrogen) atoms. The van der Waals surface area contributed by atoms with Crippen LogP contribution in [-0.2, 0) is 11.2 Å². The molecule has 3 aromatic heterocycles. The second-order valence-corrected chi connectivity index (χ2v) is 11.1. The third-order valence-electron chi connectivity index (χ3n) is 8.43. The summed E-state index contributed by atoms with van der Waals surface area (Å²) < 4.78 is 36.0. The average Bonchev–Trinajstić information content (AvgIpc) is 3.42. The molecule has 2 aliphatic heterocycles. The summed E-state index contributed by atoms with van der Waals surface area (Å²) in [6.45, 7) is 2.18. The molecule has 2 aliphatic rings. The highest BCUT2D eigenvalue weighted by atomic mass is 19.1. The Kier molecular flexibility index (Phi) is 6.12. The van der Waals surface area contributed by atoms with Gasteiger partial charge in [0.05, 0.1) is 24.3 Å². The van der Waals surface area contributed by atoms with Crippen molar-refractivity contribution in [3.8, 4) is 17.2 Å². The molecule has 5 heterocycles. The minimum atomic E-state index is -0.593. The van der Waals surface area contributed by atoms with Crippen molar-refractivity contribution in [1.29, 1.82) is 0 Å². The summed E-state index contributed by atoms with van der Waals surface area (Å²) in [4.78, 5) is 35.4. The van der Waals surface area contributed by atoms with Crippen LogP contribution in [0.4, 0.5) is 10.1 Å². The van der Waals surface area contributed by atoms with Gasteiger partial charge in [0.2, 0.25) is 5.43 Å². The number of carbonyl (C=O) groups excluding carboxylic acids is 1. The third kappa shape index (κ3) is 4.13. The molecule has 1 saturated heterocycles. The zero-order valence-electron chi connectivity index (χ0n) is 23.9. The Hall–Kier alpha value is -5.22. The van der Waals surface area contributed by atoms with Crippen molar-refractivity contribution < 1.29 is 23.1 Å². The van der Waals surface area contributed by atoms with Crippen LogP contribution in [0.1, 0.15) is 16.1 Å². The highest BCUT2D eigenvalue weighted by Crippen LogP contribution is 2.48. The van der Waals surface area contributed by atoms with Crippen LogP contribution in [0.5, 0.6) is 11.5 Å². The maximum Gasteiger partial charge on any atom is 0.259 e. The van der Waals surface area contributed by atoms with E-state index < -0.39 is 17.2 Å². The minimum absolute atomic E-state index is 0.0637. The van der Waals surface area contributed by atoms with Crippen molar-refractivity contribution in [2.24, 2.45) is 0 Å². The van der Waals surface area contributed by atoms with E-state index in [-0.39, 0.29) is 22.4 Å². The fourth-order valence-corrected chi connectivity index (χ4v) is 6.19. The molecule has 0 aliphatic carbocycles. The number of benzene rings is 3. The number of furan rings is 1. The lowest BCUT2D eigenvalue weighted by atomic mass is 10.0. The first-order valence-electron chi connectivity index (χ1n) is 14.5. The number of hydrogen-bond acceptors (Lipinski definition) is 7. The van der Waals surface area contributed by atoms with Crippen LogP contribution in [-0.4, -0.2) is 60.3 Å². The quantitative estimate of drug-likeness (QED) is 0.255. The molecule has 9 nitrogen and oxygen atoms in total. The van der Waals surface area contributed by atoms with E-state index >= 15 is 4.39 Å². The van der Waals surface area contributed by atoms with Crippen molar-refractivity contribution in [2.75, 3.05) is 44.8 Å². The number of amides is 1. The molecule has 0 radical (unpaired) electrons. The predicted octanol–water partition coefficient (Wildman–Crippen LogP) is 5.68. The van der Waals surface area contributed by atoms with E-state index in [0.717, 1.165) is 22.0 Å². The van der Waals surface area contributed by atoms with Gasteiger partial charge in [-0.3, -0.25) is 14.6 Å². The van der Waals surface area contributed by atoms with E-state index in [0.29, 0.717) is 61.8 Å². The van der Waals surface area contributed by atoms with Gasteiger partial charge in [-0.1, -0.05) is 24.3 Å². The zero-order chi connectivity index (χ0) is 29.9. The smallest absolute Gasteiger partial charge is 0.259 e. The molecule has 0 spiro atoms. The first-order chi connectivity index (χ1) is 21.5. The number of aromatic nitrogens is 2. The van der Waals surface area contributed by atoms with E-state index in [1.165, 1.54) is 11.0 Å². The van der Waals surface area contributed by atoms with Gasteiger partial charge in [-0.15, -0.1) is 0 Å². The fraction of sp³-hybridized carbons (Fsp3) is 0.206. The summed E-state index contributed by atoms with van der Waals surface area (Å²) in [7, 11) is 1.65. The van der Waals surface area contributed by atoms with Gasteiger partial charge in [0.1, 0.15) is 27.9 Å². The number of morpholine rings is 1. The van der Waals surface area contributed by atoms with Crippen molar-refractivity contribution >= 4 is 44.4 Å². The molecule has 0 N–H and O–H groups in total. The maximum absolute atomic E-state index is 16.0. The van der Waals surface area contributed by atoms with E-state index in [2.05, 4.69) is 4.98 Å². The third-order valence-corrected chi connectivity index (χ3v) is 8.43. The van der Waals surface area contributed by atoms with Crippen molar-refractivity contribution in [3.63, 3.8) is 0 Å².